The first-order valence-corrected chi connectivity index (χ1v) is 7.07. The zero-order valence-electron chi connectivity index (χ0n) is 13.6. The van der Waals surface area contributed by atoms with E-state index in [1.165, 1.54) is 20.2 Å². The molecule has 7 nitrogen and oxygen atoms in total. The van der Waals surface area contributed by atoms with Crippen molar-refractivity contribution in [2.75, 3.05) is 24.4 Å². The monoisotopic (exact) mass is 357 g/mol. The van der Waals surface area contributed by atoms with E-state index in [1.807, 2.05) is 6.07 Å². The average Bonchev–Trinajstić information content (AvgIpc) is 2.94. The molecule has 11 heteroatoms. The Hall–Kier alpha value is -2.90. The molecule has 1 atom stereocenters. The fourth-order valence-corrected chi connectivity index (χ4v) is 1.94. The van der Waals surface area contributed by atoms with Crippen LogP contribution in [0.1, 0.15) is 18.2 Å². The molecule has 0 fully saturated rings. The SMILES string of the molecule is CNc1nc(Nc2cn([C@@](C)(C#N)CF)nc2C)ncc1C(F)(F)F. The third kappa shape index (κ3) is 3.62. The second kappa shape index (κ2) is 6.54. The minimum Gasteiger partial charge on any atom is -0.372 e. The summed E-state index contributed by atoms with van der Waals surface area (Å²) in [5.41, 5.74) is -1.73. The second-order valence-electron chi connectivity index (χ2n) is 5.42. The number of nitrogens with zero attached hydrogens (tertiary/aromatic N) is 5. The minimum absolute atomic E-state index is 0.0982. The van der Waals surface area contributed by atoms with Crippen molar-refractivity contribution in [3.05, 3.63) is 23.7 Å². The Labute approximate surface area is 140 Å². The van der Waals surface area contributed by atoms with Crippen molar-refractivity contribution in [2.24, 2.45) is 0 Å². The number of nitriles is 1. The molecule has 134 valence electrons. The summed E-state index contributed by atoms with van der Waals surface area (Å²) in [6.45, 7) is 2.01. The quantitative estimate of drug-likeness (QED) is 0.800. The Morgan fingerprint density at radius 2 is 2.04 bits per heavy atom. The van der Waals surface area contributed by atoms with Crippen LogP contribution in [0.25, 0.3) is 0 Å². The molecule has 0 aliphatic carbocycles. The summed E-state index contributed by atoms with van der Waals surface area (Å²) in [5.74, 6) is -0.487. The van der Waals surface area contributed by atoms with E-state index in [9.17, 15) is 17.6 Å². The van der Waals surface area contributed by atoms with Crippen molar-refractivity contribution in [1.29, 1.82) is 5.26 Å². The molecule has 25 heavy (non-hydrogen) atoms. The van der Waals surface area contributed by atoms with Gasteiger partial charge in [-0.2, -0.15) is 28.5 Å². The van der Waals surface area contributed by atoms with Gasteiger partial charge in [-0.1, -0.05) is 0 Å². The van der Waals surface area contributed by atoms with Gasteiger partial charge in [0.05, 0.1) is 23.6 Å². The van der Waals surface area contributed by atoms with E-state index < -0.39 is 24.0 Å². The van der Waals surface area contributed by atoms with Gasteiger partial charge in [-0.15, -0.1) is 0 Å². The first-order valence-electron chi connectivity index (χ1n) is 7.07. The van der Waals surface area contributed by atoms with E-state index in [0.29, 0.717) is 17.6 Å². The van der Waals surface area contributed by atoms with Crippen LogP contribution in [0.3, 0.4) is 0 Å². The smallest absolute Gasteiger partial charge is 0.372 e. The summed E-state index contributed by atoms with van der Waals surface area (Å²) in [5, 5.41) is 18.2. The summed E-state index contributed by atoms with van der Waals surface area (Å²) in [7, 11) is 1.31. The third-order valence-electron chi connectivity index (χ3n) is 3.48. The van der Waals surface area contributed by atoms with Gasteiger partial charge in [0, 0.05) is 13.2 Å². The fraction of sp³-hybridized carbons (Fsp3) is 0.429. The zero-order valence-corrected chi connectivity index (χ0v) is 13.6. The number of hydrogen-bond acceptors (Lipinski definition) is 6. The van der Waals surface area contributed by atoms with Crippen molar-refractivity contribution < 1.29 is 17.6 Å². The Kier molecular flexibility index (Phi) is 4.82. The summed E-state index contributed by atoms with van der Waals surface area (Å²) >= 11 is 0. The standard InChI is InChI=1S/C14H15F4N7/c1-8-10(5-25(24-8)13(2,6-15)7-19)22-12-21-4-9(14(16,17)18)11(20-3)23-12/h4-5H,6H2,1-3H3,(H2,20,21,22,23)/t13-/m1/s1. The Bertz CT molecular complexity index is 808. The third-order valence-corrected chi connectivity index (χ3v) is 3.48. The molecule has 0 spiro atoms. The molecule has 0 amide bonds. The predicted octanol–water partition coefficient (Wildman–Crippen LogP) is 2.99. The Balaban J connectivity index is 2.35. The molecular weight excluding hydrogens is 342 g/mol. The van der Waals surface area contributed by atoms with Gasteiger partial charge in [-0.25, -0.2) is 14.1 Å². The molecule has 2 aromatic heterocycles. The van der Waals surface area contributed by atoms with E-state index in [1.54, 1.807) is 6.92 Å². The maximum atomic E-state index is 13.1. The molecule has 0 saturated heterocycles. The summed E-state index contributed by atoms with van der Waals surface area (Å²) < 4.78 is 52.8. The average molecular weight is 357 g/mol. The van der Waals surface area contributed by atoms with Crippen LogP contribution in [0.2, 0.25) is 0 Å². The van der Waals surface area contributed by atoms with Crippen molar-refractivity contribution >= 4 is 17.5 Å². The molecule has 0 saturated carbocycles. The number of hydrogen-bond donors (Lipinski definition) is 2. The van der Waals surface area contributed by atoms with Crippen LogP contribution in [-0.4, -0.2) is 33.5 Å². The Morgan fingerprint density at radius 3 is 2.56 bits per heavy atom. The van der Waals surface area contributed by atoms with Crippen LogP contribution in [0, 0.1) is 18.3 Å². The van der Waals surface area contributed by atoms with Crippen LogP contribution >= 0.6 is 0 Å². The zero-order chi connectivity index (χ0) is 18.8. The molecular formula is C14H15F4N7. The lowest BCUT2D eigenvalue weighted by Gasteiger charge is -2.17. The lowest BCUT2D eigenvalue weighted by molar-refractivity contribution is -0.137. The van der Waals surface area contributed by atoms with Crippen molar-refractivity contribution in [1.82, 2.24) is 19.7 Å². The van der Waals surface area contributed by atoms with Gasteiger partial charge in [0.2, 0.25) is 5.95 Å². The first-order chi connectivity index (χ1) is 11.6. The Morgan fingerprint density at radius 1 is 1.36 bits per heavy atom. The highest BCUT2D eigenvalue weighted by Gasteiger charge is 2.35. The van der Waals surface area contributed by atoms with Gasteiger partial charge in [-0.05, 0) is 13.8 Å². The summed E-state index contributed by atoms with van der Waals surface area (Å²) in [6, 6.07) is 1.82. The van der Waals surface area contributed by atoms with Gasteiger partial charge in [0.25, 0.3) is 0 Å². The van der Waals surface area contributed by atoms with Crippen LogP contribution in [0.4, 0.5) is 35.0 Å². The lowest BCUT2D eigenvalue weighted by Crippen LogP contribution is -2.31. The van der Waals surface area contributed by atoms with Crippen molar-refractivity contribution in [3.8, 4) is 6.07 Å². The van der Waals surface area contributed by atoms with Crippen LogP contribution < -0.4 is 10.6 Å². The molecule has 0 unspecified atom stereocenters. The van der Waals surface area contributed by atoms with Gasteiger partial charge in [0.1, 0.15) is 18.1 Å². The molecule has 0 radical (unpaired) electrons. The molecule has 0 aliphatic rings. The largest absolute Gasteiger partial charge is 0.421 e. The number of aromatic nitrogens is 4. The normalized spacial score (nSPS) is 13.8. The molecule has 2 heterocycles. The van der Waals surface area contributed by atoms with Crippen LogP contribution in [0.5, 0.6) is 0 Å². The molecule has 0 aliphatic heterocycles. The number of alkyl halides is 4. The van der Waals surface area contributed by atoms with E-state index in [2.05, 4.69) is 25.7 Å². The number of anilines is 3. The van der Waals surface area contributed by atoms with Crippen molar-refractivity contribution in [3.63, 3.8) is 0 Å². The van der Waals surface area contributed by atoms with E-state index in [4.69, 9.17) is 5.26 Å². The van der Waals surface area contributed by atoms with E-state index in [0.717, 1.165) is 4.68 Å². The van der Waals surface area contributed by atoms with E-state index >= 15 is 0 Å². The highest BCUT2D eigenvalue weighted by Crippen LogP contribution is 2.34. The summed E-state index contributed by atoms with van der Waals surface area (Å²) in [6.07, 6.45) is -2.56. The van der Waals surface area contributed by atoms with Crippen LogP contribution in [0.15, 0.2) is 12.4 Å². The molecule has 0 bridgehead atoms. The van der Waals surface area contributed by atoms with Gasteiger partial charge in [-0.3, -0.25) is 0 Å². The van der Waals surface area contributed by atoms with Gasteiger partial charge >= 0.3 is 6.18 Å². The van der Waals surface area contributed by atoms with Crippen molar-refractivity contribution in [2.45, 2.75) is 25.6 Å². The highest BCUT2D eigenvalue weighted by molar-refractivity contribution is 5.58. The minimum atomic E-state index is -4.59. The molecule has 2 N–H and O–H groups in total. The van der Waals surface area contributed by atoms with E-state index in [-0.39, 0.29) is 11.8 Å². The lowest BCUT2D eigenvalue weighted by atomic mass is 10.1. The topological polar surface area (TPSA) is 91.5 Å². The van der Waals surface area contributed by atoms with Gasteiger partial charge < -0.3 is 10.6 Å². The van der Waals surface area contributed by atoms with Gasteiger partial charge in [0.15, 0.2) is 5.54 Å². The predicted molar refractivity (Wildman–Crippen MR) is 82.1 cm³/mol. The maximum absolute atomic E-state index is 13.1. The number of nitrogens with one attached hydrogen (secondary N) is 2. The highest BCUT2D eigenvalue weighted by atomic mass is 19.4. The first kappa shape index (κ1) is 18.4. The van der Waals surface area contributed by atoms with Crippen LogP contribution in [-0.2, 0) is 11.7 Å². The second-order valence-corrected chi connectivity index (χ2v) is 5.42. The molecule has 2 rings (SSSR count). The number of rotatable bonds is 5. The number of halogens is 4. The summed E-state index contributed by atoms with van der Waals surface area (Å²) in [4.78, 5) is 7.42. The number of aryl methyl sites for hydroxylation is 1. The maximum Gasteiger partial charge on any atom is 0.421 e. The molecule has 0 aromatic carbocycles. The fourth-order valence-electron chi connectivity index (χ4n) is 1.94. The molecule has 2 aromatic rings.